The fourth-order valence-electron chi connectivity index (χ4n) is 3.98. The summed E-state index contributed by atoms with van der Waals surface area (Å²) in [7, 11) is 2.02. The maximum atomic E-state index is 5.80. The molecule has 130 valence electrons. The Bertz CT molecular complexity index is 1140. The summed E-state index contributed by atoms with van der Waals surface area (Å²) in [5.74, 6) is 0.889. The highest BCUT2D eigenvalue weighted by Gasteiger charge is 2.27. The molecule has 0 saturated carbocycles. The minimum Gasteiger partial charge on any atom is -0.406 e. The van der Waals surface area contributed by atoms with Crippen LogP contribution < -0.4 is 9.13 Å². The van der Waals surface area contributed by atoms with E-state index < -0.39 is 0 Å². The molecule has 0 aliphatic carbocycles. The molecule has 0 spiro atoms. The lowest BCUT2D eigenvalue weighted by molar-refractivity contribution is -0.662. The Morgan fingerprint density at radius 3 is 2.31 bits per heavy atom. The van der Waals surface area contributed by atoms with Crippen LogP contribution in [0.2, 0.25) is 0 Å². The van der Waals surface area contributed by atoms with Gasteiger partial charge in [-0.25, -0.2) is 0 Å². The van der Waals surface area contributed by atoms with E-state index in [0.717, 1.165) is 11.5 Å². The van der Waals surface area contributed by atoms with Crippen molar-refractivity contribution < 1.29 is 13.6 Å². The van der Waals surface area contributed by atoms with Crippen molar-refractivity contribution in [1.82, 2.24) is 0 Å². The number of oxazole rings is 1. The van der Waals surface area contributed by atoms with Gasteiger partial charge in [-0.2, -0.15) is 9.13 Å². The van der Waals surface area contributed by atoms with Crippen LogP contribution in [0.25, 0.3) is 27.9 Å². The molecular weight excluding hydrogens is 320 g/mol. The van der Waals surface area contributed by atoms with Crippen LogP contribution in [-0.2, 0) is 7.05 Å². The summed E-state index contributed by atoms with van der Waals surface area (Å²) in [4.78, 5) is 0. The highest BCUT2D eigenvalue weighted by molar-refractivity contribution is 5.81. The molecule has 2 aromatic heterocycles. The molecule has 0 aliphatic heterocycles. The minimum atomic E-state index is 0.889. The summed E-state index contributed by atoms with van der Waals surface area (Å²) in [5.41, 5.74) is 7.34. The Morgan fingerprint density at radius 2 is 1.62 bits per heavy atom. The SMILES string of the molecule is Cc1cc(C)c(-[n+]2cc3ccccc3cc2C)c(C)c1-c1occ[n+]1C. The predicted molar refractivity (Wildman–Crippen MR) is 103 cm³/mol. The van der Waals surface area contributed by atoms with Crippen molar-refractivity contribution in [1.29, 1.82) is 0 Å². The number of hydrogen-bond donors (Lipinski definition) is 0. The molecule has 0 radical (unpaired) electrons. The quantitative estimate of drug-likeness (QED) is 0.493. The number of aromatic nitrogens is 2. The van der Waals surface area contributed by atoms with Gasteiger partial charge in [0.1, 0.15) is 7.05 Å². The van der Waals surface area contributed by atoms with Gasteiger partial charge in [0, 0.05) is 29.5 Å². The second kappa shape index (κ2) is 6.10. The van der Waals surface area contributed by atoms with Crippen molar-refractivity contribution >= 4 is 10.8 Å². The first-order chi connectivity index (χ1) is 12.5. The molecule has 3 nitrogen and oxygen atoms in total. The van der Waals surface area contributed by atoms with Crippen molar-refractivity contribution in [2.24, 2.45) is 7.05 Å². The lowest BCUT2D eigenvalue weighted by Crippen LogP contribution is -2.36. The van der Waals surface area contributed by atoms with Gasteiger partial charge >= 0.3 is 5.89 Å². The molecule has 4 aromatic rings. The number of benzene rings is 2. The van der Waals surface area contributed by atoms with E-state index in [1.807, 2.05) is 17.8 Å². The molecule has 26 heavy (non-hydrogen) atoms. The molecule has 0 atom stereocenters. The van der Waals surface area contributed by atoms with Crippen LogP contribution in [0.3, 0.4) is 0 Å². The Labute approximate surface area is 154 Å². The normalized spacial score (nSPS) is 11.3. The predicted octanol–water partition coefficient (Wildman–Crippen LogP) is 4.43. The van der Waals surface area contributed by atoms with Crippen LogP contribution in [0.15, 0.2) is 59.5 Å². The smallest absolute Gasteiger partial charge is 0.381 e. The molecule has 0 saturated heterocycles. The van der Waals surface area contributed by atoms with E-state index >= 15 is 0 Å². The summed E-state index contributed by atoms with van der Waals surface area (Å²) in [6.07, 6.45) is 5.92. The van der Waals surface area contributed by atoms with Crippen LogP contribution in [-0.4, -0.2) is 0 Å². The van der Waals surface area contributed by atoms with Crippen LogP contribution in [0.4, 0.5) is 0 Å². The number of nitrogens with zero attached hydrogens (tertiary/aromatic N) is 2. The largest absolute Gasteiger partial charge is 0.406 e. The number of hydrogen-bond acceptors (Lipinski definition) is 1. The zero-order valence-corrected chi connectivity index (χ0v) is 16.0. The van der Waals surface area contributed by atoms with Crippen LogP contribution >= 0.6 is 0 Å². The molecule has 0 unspecified atom stereocenters. The number of pyridine rings is 1. The van der Waals surface area contributed by atoms with Crippen LogP contribution in [0.5, 0.6) is 0 Å². The molecule has 2 aromatic carbocycles. The Balaban J connectivity index is 2.04. The molecule has 0 aliphatic rings. The van der Waals surface area contributed by atoms with Crippen molar-refractivity contribution in [3.8, 4) is 17.1 Å². The summed E-state index contributed by atoms with van der Waals surface area (Å²) >= 11 is 0. The molecule has 4 rings (SSSR count). The number of rotatable bonds is 2. The van der Waals surface area contributed by atoms with Gasteiger partial charge in [-0.15, -0.1) is 0 Å². The van der Waals surface area contributed by atoms with Gasteiger partial charge in [0.05, 0.1) is 5.56 Å². The van der Waals surface area contributed by atoms with Crippen molar-refractivity contribution in [2.75, 3.05) is 0 Å². The van der Waals surface area contributed by atoms with E-state index in [1.165, 1.54) is 38.8 Å². The molecule has 0 bridgehead atoms. The summed E-state index contributed by atoms with van der Waals surface area (Å²) in [5, 5.41) is 2.50. The van der Waals surface area contributed by atoms with Gasteiger partial charge < -0.3 is 4.42 Å². The van der Waals surface area contributed by atoms with Crippen LogP contribution in [0, 0.1) is 27.7 Å². The van der Waals surface area contributed by atoms with E-state index in [9.17, 15) is 0 Å². The van der Waals surface area contributed by atoms with E-state index in [4.69, 9.17) is 4.42 Å². The zero-order valence-electron chi connectivity index (χ0n) is 16.0. The summed E-state index contributed by atoms with van der Waals surface area (Å²) in [6.45, 7) is 8.69. The molecule has 2 heterocycles. The topological polar surface area (TPSA) is 20.9 Å². The second-order valence-corrected chi connectivity index (χ2v) is 7.09. The van der Waals surface area contributed by atoms with Gasteiger partial charge in [0.2, 0.25) is 11.9 Å². The summed E-state index contributed by atoms with van der Waals surface area (Å²) in [6, 6.07) is 13.0. The maximum absolute atomic E-state index is 5.80. The van der Waals surface area contributed by atoms with E-state index in [-0.39, 0.29) is 0 Å². The monoisotopic (exact) mass is 344 g/mol. The third kappa shape index (κ3) is 2.51. The van der Waals surface area contributed by atoms with Crippen LogP contribution in [0.1, 0.15) is 22.4 Å². The van der Waals surface area contributed by atoms with Gasteiger partial charge in [-0.3, -0.25) is 0 Å². The third-order valence-electron chi connectivity index (χ3n) is 5.18. The highest BCUT2D eigenvalue weighted by Crippen LogP contribution is 2.30. The van der Waals surface area contributed by atoms with E-state index in [2.05, 4.69) is 74.9 Å². The third-order valence-corrected chi connectivity index (χ3v) is 5.18. The standard InChI is InChI=1S/C23H24N2O/c1-15-12-16(2)22(18(4)21(15)23-24(5)10-11-26-23)25-14-20-9-7-6-8-19(20)13-17(25)3/h6-14H,1-5H3/q+2. The first-order valence-corrected chi connectivity index (χ1v) is 8.93. The summed E-state index contributed by atoms with van der Waals surface area (Å²) < 4.78 is 10.1. The fourth-order valence-corrected chi connectivity index (χ4v) is 3.98. The van der Waals surface area contributed by atoms with Crippen molar-refractivity contribution in [3.05, 3.63) is 77.4 Å². The van der Waals surface area contributed by atoms with Gasteiger partial charge in [-0.05, 0) is 43.9 Å². The molecule has 3 heteroatoms. The fraction of sp³-hybridized carbons (Fsp3) is 0.217. The van der Waals surface area contributed by atoms with Gasteiger partial charge in [0.15, 0.2) is 18.2 Å². The maximum Gasteiger partial charge on any atom is 0.381 e. The van der Waals surface area contributed by atoms with Crippen molar-refractivity contribution in [2.45, 2.75) is 27.7 Å². The first-order valence-electron chi connectivity index (χ1n) is 8.93. The zero-order chi connectivity index (χ0) is 18.4. The highest BCUT2D eigenvalue weighted by atomic mass is 16.3. The minimum absolute atomic E-state index is 0.889. The molecule has 0 fully saturated rings. The van der Waals surface area contributed by atoms with E-state index in [1.54, 1.807) is 6.26 Å². The number of aryl methyl sites for hydroxylation is 4. The first kappa shape index (κ1) is 16.5. The van der Waals surface area contributed by atoms with Gasteiger partial charge in [-0.1, -0.05) is 18.2 Å². The lowest BCUT2D eigenvalue weighted by Gasteiger charge is -2.12. The molecular formula is C23H24N2O+2. The van der Waals surface area contributed by atoms with Crippen molar-refractivity contribution in [3.63, 3.8) is 0 Å². The Morgan fingerprint density at radius 1 is 0.885 bits per heavy atom. The second-order valence-electron chi connectivity index (χ2n) is 7.09. The lowest BCUT2D eigenvalue weighted by atomic mass is 9.96. The molecule has 0 amide bonds. The molecule has 0 N–H and O–H groups in total. The van der Waals surface area contributed by atoms with Gasteiger partial charge in [0.25, 0.3) is 0 Å². The van der Waals surface area contributed by atoms with E-state index in [0.29, 0.717) is 0 Å². The Kier molecular flexibility index (Phi) is 3.87. The number of fused-ring (bicyclic) bond motifs is 1. The average Bonchev–Trinajstić information content (AvgIpc) is 3.01. The average molecular weight is 344 g/mol. The Hall–Kier alpha value is -2.94.